The molecule has 1 aliphatic rings. The van der Waals surface area contributed by atoms with Crippen LogP contribution < -0.4 is 10.2 Å². The molecule has 82 valence electrons. The van der Waals surface area contributed by atoms with E-state index in [-0.39, 0.29) is 0 Å². The molecule has 1 aromatic heterocycles. The Hall–Kier alpha value is -1.16. The van der Waals surface area contributed by atoms with Crippen LogP contribution in [0.4, 0.5) is 5.82 Å². The molecule has 4 heteroatoms. The molecule has 1 N–H and O–H groups in total. The van der Waals surface area contributed by atoms with Crippen molar-refractivity contribution in [1.29, 1.82) is 0 Å². The van der Waals surface area contributed by atoms with Crippen molar-refractivity contribution in [2.45, 2.75) is 19.8 Å². The summed E-state index contributed by atoms with van der Waals surface area (Å²) in [5, 5.41) is 3.34. The summed E-state index contributed by atoms with van der Waals surface area (Å²) < 4.78 is 0. The van der Waals surface area contributed by atoms with Crippen LogP contribution in [0, 0.1) is 0 Å². The van der Waals surface area contributed by atoms with E-state index in [1.165, 1.54) is 0 Å². The molecule has 1 fully saturated rings. The lowest BCUT2D eigenvalue weighted by atomic mass is 10.1. The molecule has 0 aromatic carbocycles. The minimum atomic E-state index is 0.467. The first-order chi connectivity index (χ1) is 7.27. The average Bonchev–Trinajstić information content (AvgIpc) is 2.30. The monoisotopic (exact) mass is 206 g/mol. The van der Waals surface area contributed by atoms with Gasteiger partial charge < -0.3 is 10.2 Å². The van der Waals surface area contributed by atoms with Crippen molar-refractivity contribution in [3.8, 4) is 0 Å². The van der Waals surface area contributed by atoms with Crippen molar-refractivity contribution in [3.05, 3.63) is 18.1 Å². The molecular formula is C11H18N4. The van der Waals surface area contributed by atoms with Crippen molar-refractivity contribution >= 4 is 5.82 Å². The molecule has 0 spiro atoms. The fraction of sp³-hybridized carbons (Fsp3) is 0.636. The first-order valence-corrected chi connectivity index (χ1v) is 5.55. The zero-order valence-corrected chi connectivity index (χ0v) is 9.40. The second-order valence-corrected chi connectivity index (χ2v) is 4.19. The quantitative estimate of drug-likeness (QED) is 0.784. The van der Waals surface area contributed by atoms with E-state index in [4.69, 9.17) is 0 Å². The summed E-state index contributed by atoms with van der Waals surface area (Å²) >= 11 is 0. The normalized spacial score (nSPS) is 17.1. The molecule has 0 saturated carbocycles. The molecule has 0 aliphatic carbocycles. The van der Waals surface area contributed by atoms with E-state index in [1.807, 2.05) is 0 Å². The van der Waals surface area contributed by atoms with E-state index in [0.717, 1.165) is 37.7 Å². The highest BCUT2D eigenvalue weighted by atomic mass is 15.2. The van der Waals surface area contributed by atoms with Crippen molar-refractivity contribution in [3.63, 3.8) is 0 Å². The van der Waals surface area contributed by atoms with Gasteiger partial charge in [-0.15, -0.1) is 0 Å². The lowest BCUT2D eigenvalue weighted by Gasteiger charge is -2.28. The minimum Gasteiger partial charge on any atom is -0.354 e. The van der Waals surface area contributed by atoms with Gasteiger partial charge in [0.15, 0.2) is 0 Å². The zero-order valence-electron chi connectivity index (χ0n) is 9.40. The van der Waals surface area contributed by atoms with Gasteiger partial charge in [0.2, 0.25) is 0 Å². The van der Waals surface area contributed by atoms with Gasteiger partial charge in [-0.2, -0.15) is 0 Å². The van der Waals surface area contributed by atoms with Crippen LogP contribution in [0.2, 0.25) is 0 Å². The highest BCUT2D eigenvalue weighted by Crippen LogP contribution is 2.16. The lowest BCUT2D eigenvalue weighted by Crippen LogP contribution is -2.43. The van der Waals surface area contributed by atoms with Crippen LogP contribution in [0.15, 0.2) is 12.4 Å². The Kier molecular flexibility index (Phi) is 3.16. The maximum atomic E-state index is 4.33. The maximum absolute atomic E-state index is 4.33. The maximum Gasteiger partial charge on any atom is 0.132 e. The molecule has 0 atom stereocenters. The smallest absolute Gasteiger partial charge is 0.132 e. The summed E-state index contributed by atoms with van der Waals surface area (Å²) in [5.41, 5.74) is 1.12. The fourth-order valence-electron chi connectivity index (χ4n) is 1.74. The predicted molar refractivity (Wildman–Crippen MR) is 61.2 cm³/mol. The number of anilines is 1. The molecule has 2 rings (SSSR count). The van der Waals surface area contributed by atoms with Gasteiger partial charge in [-0.25, -0.2) is 9.97 Å². The fourth-order valence-corrected chi connectivity index (χ4v) is 1.74. The summed E-state index contributed by atoms with van der Waals surface area (Å²) in [4.78, 5) is 10.9. The second kappa shape index (κ2) is 4.57. The first-order valence-electron chi connectivity index (χ1n) is 5.55. The third-order valence-electron chi connectivity index (χ3n) is 2.71. The van der Waals surface area contributed by atoms with Crippen molar-refractivity contribution in [2.75, 3.05) is 31.1 Å². The molecule has 15 heavy (non-hydrogen) atoms. The Bertz CT molecular complexity index is 318. The summed E-state index contributed by atoms with van der Waals surface area (Å²) in [7, 11) is 0. The molecule has 4 nitrogen and oxygen atoms in total. The van der Waals surface area contributed by atoms with Gasteiger partial charge in [0.05, 0.1) is 0 Å². The molecule has 0 unspecified atom stereocenters. The van der Waals surface area contributed by atoms with Crippen molar-refractivity contribution < 1.29 is 0 Å². The highest BCUT2D eigenvalue weighted by Gasteiger charge is 2.12. The Morgan fingerprint density at radius 1 is 1.27 bits per heavy atom. The Balaban J connectivity index is 2.16. The van der Waals surface area contributed by atoms with Crippen LogP contribution in [0.3, 0.4) is 0 Å². The SMILES string of the molecule is CC(C)c1cc(N2CCNCC2)ncn1. The van der Waals surface area contributed by atoms with Gasteiger partial charge in [0.25, 0.3) is 0 Å². The van der Waals surface area contributed by atoms with Crippen molar-refractivity contribution in [2.24, 2.45) is 0 Å². The van der Waals surface area contributed by atoms with Crippen LogP contribution in [-0.2, 0) is 0 Å². The Labute approximate surface area is 90.7 Å². The number of hydrogen-bond donors (Lipinski definition) is 1. The Morgan fingerprint density at radius 2 is 2.00 bits per heavy atom. The van der Waals surface area contributed by atoms with E-state index in [2.05, 4.69) is 40.1 Å². The van der Waals surface area contributed by atoms with E-state index in [9.17, 15) is 0 Å². The number of nitrogens with one attached hydrogen (secondary N) is 1. The molecule has 1 aromatic rings. The second-order valence-electron chi connectivity index (χ2n) is 4.19. The van der Waals surface area contributed by atoms with Crippen LogP contribution in [-0.4, -0.2) is 36.1 Å². The third-order valence-corrected chi connectivity index (χ3v) is 2.71. The van der Waals surface area contributed by atoms with Gasteiger partial charge in [-0.3, -0.25) is 0 Å². The summed E-state index contributed by atoms with van der Waals surface area (Å²) in [6.07, 6.45) is 1.67. The molecule has 0 bridgehead atoms. The van der Waals surface area contributed by atoms with Gasteiger partial charge in [0, 0.05) is 37.9 Å². The van der Waals surface area contributed by atoms with Gasteiger partial charge in [0.1, 0.15) is 12.1 Å². The number of hydrogen-bond acceptors (Lipinski definition) is 4. The van der Waals surface area contributed by atoms with Gasteiger partial charge in [-0.05, 0) is 5.92 Å². The molecule has 1 saturated heterocycles. The number of nitrogens with zero attached hydrogens (tertiary/aromatic N) is 3. The van der Waals surface area contributed by atoms with Gasteiger partial charge in [-0.1, -0.05) is 13.8 Å². The van der Waals surface area contributed by atoms with E-state index in [1.54, 1.807) is 6.33 Å². The first kappa shape index (κ1) is 10.4. The van der Waals surface area contributed by atoms with Crippen LogP contribution in [0.1, 0.15) is 25.5 Å². The Morgan fingerprint density at radius 3 is 2.67 bits per heavy atom. The molecule has 0 amide bonds. The zero-order chi connectivity index (χ0) is 10.7. The topological polar surface area (TPSA) is 41.0 Å². The van der Waals surface area contributed by atoms with Crippen molar-refractivity contribution in [1.82, 2.24) is 15.3 Å². The summed E-state index contributed by atoms with van der Waals surface area (Å²) in [6.45, 7) is 8.47. The minimum absolute atomic E-state index is 0.467. The number of aromatic nitrogens is 2. The summed E-state index contributed by atoms with van der Waals surface area (Å²) in [6, 6.07) is 2.11. The van der Waals surface area contributed by atoms with Crippen LogP contribution in [0.5, 0.6) is 0 Å². The molecular weight excluding hydrogens is 188 g/mol. The number of piperazine rings is 1. The molecule has 2 heterocycles. The van der Waals surface area contributed by atoms with Crippen LogP contribution >= 0.6 is 0 Å². The van der Waals surface area contributed by atoms with E-state index in [0.29, 0.717) is 5.92 Å². The highest BCUT2D eigenvalue weighted by molar-refractivity contribution is 5.40. The standard InChI is InChI=1S/C11H18N4/c1-9(2)10-7-11(14-8-13-10)15-5-3-12-4-6-15/h7-9,12H,3-6H2,1-2H3. The largest absolute Gasteiger partial charge is 0.354 e. The average molecular weight is 206 g/mol. The van der Waals surface area contributed by atoms with E-state index >= 15 is 0 Å². The number of rotatable bonds is 2. The lowest BCUT2D eigenvalue weighted by molar-refractivity contribution is 0.583. The molecule has 0 radical (unpaired) electrons. The van der Waals surface area contributed by atoms with E-state index < -0.39 is 0 Å². The third kappa shape index (κ3) is 2.45. The molecule has 1 aliphatic heterocycles. The van der Waals surface area contributed by atoms with Gasteiger partial charge >= 0.3 is 0 Å². The summed E-state index contributed by atoms with van der Waals surface area (Å²) in [5.74, 6) is 1.53. The predicted octanol–water partition coefficient (Wildman–Crippen LogP) is 1.01. The van der Waals surface area contributed by atoms with Crippen LogP contribution in [0.25, 0.3) is 0 Å².